The highest BCUT2D eigenvalue weighted by Gasteiger charge is 2.24. The van der Waals surface area contributed by atoms with Crippen molar-refractivity contribution in [1.82, 2.24) is 9.78 Å². The number of thiol groups is 1. The monoisotopic (exact) mass is 394 g/mol. The van der Waals surface area contributed by atoms with E-state index in [4.69, 9.17) is 0 Å². The predicted octanol–water partition coefficient (Wildman–Crippen LogP) is 3.81. The lowest BCUT2D eigenvalue weighted by molar-refractivity contribution is 0.260. The minimum atomic E-state index is -2.16. The molecule has 28 heavy (non-hydrogen) atoms. The summed E-state index contributed by atoms with van der Waals surface area (Å²) >= 11 is 0. The number of nitrogens with zero attached hydrogens (tertiary/aromatic N) is 3. The van der Waals surface area contributed by atoms with Gasteiger partial charge in [0.1, 0.15) is 0 Å². The summed E-state index contributed by atoms with van der Waals surface area (Å²) in [6.07, 6.45) is 8.09. The molecule has 7 heteroatoms. The maximum atomic E-state index is 12.7. The first kappa shape index (κ1) is 17.4. The summed E-state index contributed by atoms with van der Waals surface area (Å²) < 4.78 is 18.4. The molecule has 0 aliphatic heterocycles. The Kier molecular flexibility index (Phi) is 4.19. The molecule has 0 saturated heterocycles. The van der Waals surface area contributed by atoms with E-state index in [1.54, 1.807) is 23.0 Å². The number of amides is 2. The molecule has 2 aliphatic carbocycles. The Bertz CT molecular complexity index is 1170. The fraction of sp³-hybridized carbons (Fsp3) is 0.333. The zero-order valence-corrected chi connectivity index (χ0v) is 16.6. The van der Waals surface area contributed by atoms with Gasteiger partial charge in [-0.25, -0.2) is 9.00 Å². The van der Waals surface area contributed by atoms with Crippen molar-refractivity contribution in [3.8, 4) is 0 Å². The summed E-state index contributed by atoms with van der Waals surface area (Å²) in [5.41, 5.74) is 7.08. The third-order valence-electron chi connectivity index (χ3n) is 5.84. The van der Waals surface area contributed by atoms with Crippen molar-refractivity contribution in [1.29, 1.82) is 0 Å². The highest BCUT2D eigenvalue weighted by atomic mass is 32.2. The first-order valence-electron chi connectivity index (χ1n) is 9.68. The van der Waals surface area contributed by atoms with E-state index in [0.29, 0.717) is 4.90 Å². The minimum Gasteiger partial charge on any atom is -0.305 e. The van der Waals surface area contributed by atoms with E-state index < -0.39 is 16.6 Å². The molecule has 3 aromatic rings. The first-order chi connectivity index (χ1) is 13.6. The number of urea groups is 1. The van der Waals surface area contributed by atoms with Crippen molar-refractivity contribution in [2.24, 2.45) is 11.4 Å². The van der Waals surface area contributed by atoms with Crippen LogP contribution in [0.1, 0.15) is 35.1 Å². The van der Waals surface area contributed by atoms with E-state index in [9.17, 15) is 9.00 Å². The van der Waals surface area contributed by atoms with E-state index in [0.717, 1.165) is 55.1 Å². The van der Waals surface area contributed by atoms with Gasteiger partial charge < -0.3 is 5.32 Å². The molecular weight excluding hydrogens is 372 g/mol. The number of benzene rings is 2. The zero-order valence-electron chi connectivity index (χ0n) is 15.7. The predicted molar refractivity (Wildman–Crippen MR) is 110 cm³/mol. The van der Waals surface area contributed by atoms with Crippen LogP contribution in [0.15, 0.2) is 39.7 Å². The van der Waals surface area contributed by atoms with Gasteiger partial charge >= 0.3 is 6.03 Å². The lowest BCUT2D eigenvalue weighted by Gasteiger charge is -2.14. The number of aromatic nitrogens is 2. The molecule has 0 saturated carbocycles. The number of aryl methyl sites for hydroxylation is 3. The topological polar surface area (TPSA) is 76.3 Å². The van der Waals surface area contributed by atoms with Crippen molar-refractivity contribution in [3.63, 3.8) is 0 Å². The summed E-state index contributed by atoms with van der Waals surface area (Å²) in [6.45, 7) is 0. The summed E-state index contributed by atoms with van der Waals surface area (Å²) in [5, 5.41) is 8.06. The number of hydrogen-bond donors (Lipinski definition) is 2. The molecule has 6 nitrogen and oxygen atoms in total. The average molecular weight is 395 g/mol. The molecule has 0 spiro atoms. The van der Waals surface area contributed by atoms with Crippen LogP contribution in [0.5, 0.6) is 0 Å². The van der Waals surface area contributed by atoms with Gasteiger partial charge in [-0.1, -0.05) is 6.07 Å². The molecular formula is C21H22N4O2S. The molecule has 0 fully saturated rings. The highest BCUT2D eigenvalue weighted by Crippen LogP contribution is 2.38. The number of carbonyl (C=O) groups excluding carboxylic acids is 1. The van der Waals surface area contributed by atoms with E-state index >= 15 is 0 Å². The Morgan fingerprint density at radius 2 is 1.82 bits per heavy atom. The van der Waals surface area contributed by atoms with Gasteiger partial charge in [0, 0.05) is 23.0 Å². The molecule has 0 bridgehead atoms. The largest absolute Gasteiger partial charge is 0.353 e. The van der Waals surface area contributed by atoms with Crippen LogP contribution in [-0.4, -0.2) is 20.0 Å². The van der Waals surface area contributed by atoms with Crippen molar-refractivity contribution < 1.29 is 9.00 Å². The number of fused-ring (bicyclic) bond motifs is 3. The van der Waals surface area contributed by atoms with Gasteiger partial charge in [0.25, 0.3) is 0 Å². The summed E-state index contributed by atoms with van der Waals surface area (Å²) in [5.74, 6) is 0. The molecule has 1 atom stereocenters. The molecule has 1 aromatic heterocycles. The van der Waals surface area contributed by atoms with E-state index in [2.05, 4.69) is 20.8 Å². The Labute approximate surface area is 165 Å². The van der Waals surface area contributed by atoms with E-state index in [-0.39, 0.29) is 0 Å². The second-order valence-corrected chi connectivity index (χ2v) is 8.81. The Morgan fingerprint density at radius 3 is 2.54 bits per heavy atom. The van der Waals surface area contributed by atoms with Crippen molar-refractivity contribution >= 4 is 33.2 Å². The second-order valence-electron chi connectivity index (χ2n) is 7.55. The van der Waals surface area contributed by atoms with Gasteiger partial charge in [0.2, 0.25) is 0 Å². The van der Waals surface area contributed by atoms with Gasteiger partial charge in [-0.15, -0.1) is 4.36 Å². The van der Waals surface area contributed by atoms with Gasteiger partial charge in [-0.05, 0) is 79.0 Å². The molecule has 0 radical (unpaired) electrons. The average Bonchev–Trinajstić information content (AvgIpc) is 3.41. The molecule has 2 amide bonds. The van der Waals surface area contributed by atoms with Crippen molar-refractivity contribution in [2.45, 2.75) is 43.4 Å². The lowest BCUT2D eigenvalue weighted by atomic mass is 9.99. The lowest BCUT2D eigenvalue weighted by Crippen LogP contribution is -2.11. The quantitative estimate of drug-likeness (QED) is 0.649. The minimum absolute atomic E-state index is 0.526. The second kappa shape index (κ2) is 6.74. The molecule has 1 unspecified atom stereocenters. The fourth-order valence-corrected chi connectivity index (χ4v) is 5.29. The fourth-order valence-electron chi connectivity index (χ4n) is 4.51. The maximum absolute atomic E-state index is 12.7. The third kappa shape index (κ3) is 2.90. The summed E-state index contributed by atoms with van der Waals surface area (Å²) in [6, 6.07) is 7.19. The number of hydrogen-bond acceptors (Lipinski definition) is 3. The van der Waals surface area contributed by atoms with Crippen LogP contribution in [0.3, 0.4) is 0 Å². The molecule has 1 N–H and O–H groups in total. The molecule has 144 valence electrons. The Hall–Kier alpha value is -2.67. The van der Waals surface area contributed by atoms with Crippen LogP contribution in [0.2, 0.25) is 0 Å². The SMILES string of the molecule is Cn1ncc2cc(/[SH](=O)=N/C(=O)Nc3c4c(cc5c3CCC5)CCC4)ccc21. The van der Waals surface area contributed by atoms with Crippen LogP contribution >= 0.6 is 0 Å². The van der Waals surface area contributed by atoms with Crippen LogP contribution in [0.4, 0.5) is 10.5 Å². The van der Waals surface area contributed by atoms with Crippen molar-refractivity contribution in [2.75, 3.05) is 5.32 Å². The smallest absolute Gasteiger partial charge is 0.305 e. The molecule has 5 rings (SSSR count). The highest BCUT2D eigenvalue weighted by molar-refractivity contribution is 7.75. The number of rotatable bonds is 2. The summed E-state index contributed by atoms with van der Waals surface area (Å²) in [4.78, 5) is 13.1. The zero-order chi connectivity index (χ0) is 19.3. The van der Waals surface area contributed by atoms with Crippen LogP contribution < -0.4 is 5.32 Å². The normalized spacial score (nSPS) is 16.3. The first-order valence-corrected chi connectivity index (χ1v) is 10.9. The van der Waals surface area contributed by atoms with Crippen LogP contribution in [-0.2, 0) is 43.3 Å². The standard InChI is InChI=1S/C21H22N4O2S/c1-25-19-9-8-16(11-15(19)12-22-25)28(27)24-21(26)23-20-17-6-2-4-13(17)10-14-5-3-7-18(14)20/h8-12,28H,2-7H2,1H3,(H,23,26). The number of nitrogens with one attached hydrogen (secondary N) is 1. The third-order valence-corrected chi connectivity index (χ3v) is 6.92. The summed E-state index contributed by atoms with van der Waals surface area (Å²) in [7, 11) is -0.303. The molecule has 2 aliphatic rings. The van der Waals surface area contributed by atoms with E-state index in [1.807, 2.05) is 13.1 Å². The van der Waals surface area contributed by atoms with E-state index in [1.165, 1.54) is 22.3 Å². The number of anilines is 1. The van der Waals surface area contributed by atoms with Crippen molar-refractivity contribution in [3.05, 3.63) is 52.7 Å². The molecule has 1 heterocycles. The van der Waals surface area contributed by atoms with Gasteiger partial charge in [-0.3, -0.25) is 4.68 Å². The Morgan fingerprint density at radius 1 is 1.11 bits per heavy atom. The van der Waals surface area contributed by atoms with Gasteiger partial charge in [0.15, 0.2) is 0 Å². The van der Waals surface area contributed by atoms with Gasteiger partial charge in [0.05, 0.1) is 22.3 Å². The van der Waals surface area contributed by atoms with Gasteiger partial charge in [-0.2, -0.15) is 5.10 Å². The Balaban J connectivity index is 1.45. The number of carbonyl (C=O) groups is 1. The van der Waals surface area contributed by atoms with Crippen LogP contribution in [0, 0.1) is 0 Å². The molecule has 2 aromatic carbocycles. The van der Waals surface area contributed by atoms with Crippen LogP contribution in [0.25, 0.3) is 10.9 Å². The maximum Gasteiger partial charge on any atom is 0.353 e.